The molecule has 4 nitrogen and oxygen atoms in total. The van der Waals surface area contributed by atoms with Crippen molar-refractivity contribution in [1.29, 1.82) is 0 Å². The molecule has 1 unspecified atom stereocenters. The predicted molar refractivity (Wildman–Crippen MR) is 98.2 cm³/mol. The zero-order chi connectivity index (χ0) is 18.4. The van der Waals surface area contributed by atoms with Crippen molar-refractivity contribution in [3.63, 3.8) is 0 Å². The lowest BCUT2D eigenvalue weighted by Gasteiger charge is -2.26. The van der Waals surface area contributed by atoms with Crippen molar-refractivity contribution in [3.05, 3.63) is 0 Å². The van der Waals surface area contributed by atoms with E-state index >= 15 is 0 Å². The van der Waals surface area contributed by atoms with Crippen LogP contribution in [0.2, 0.25) is 0 Å². The Kier molecular flexibility index (Phi) is 12.7. The number of carboxylic acids is 2. The van der Waals surface area contributed by atoms with Crippen LogP contribution in [0.15, 0.2) is 0 Å². The summed E-state index contributed by atoms with van der Waals surface area (Å²) in [5.74, 6) is -1.59. The van der Waals surface area contributed by atoms with Gasteiger partial charge in [0.2, 0.25) is 0 Å². The average molecular weight is 343 g/mol. The van der Waals surface area contributed by atoms with E-state index in [1.54, 1.807) is 0 Å². The molecular formula is C20H38O4. The van der Waals surface area contributed by atoms with Crippen LogP contribution in [0, 0.1) is 11.3 Å². The zero-order valence-corrected chi connectivity index (χ0v) is 16.0. The normalized spacial score (nSPS) is 13.0. The number of unbranched alkanes of at least 4 members (excludes halogenated alkanes) is 10. The molecule has 24 heavy (non-hydrogen) atoms. The fourth-order valence-corrected chi connectivity index (χ4v) is 3.14. The SMILES string of the molecule is CC(C)(C)C(CCCCCCCCCCCCCC(=O)O)C(=O)O. The predicted octanol–water partition coefficient (Wildman–Crippen LogP) is 5.89. The second kappa shape index (κ2) is 13.3. The van der Waals surface area contributed by atoms with Gasteiger partial charge in [-0.2, -0.15) is 0 Å². The number of hydrogen-bond donors (Lipinski definition) is 2. The molecule has 0 aromatic carbocycles. The summed E-state index contributed by atoms with van der Waals surface area (Å²) < 4.78 is 0. The first-order valence-electron chi connectivity index (χ1n) is 9.69. The minimum Gasteiger partial charge on any atom is -0.481 e. The van der Waals surface area contributed by atoms with Crippen LogP contribution in [0.4, 0.5) is 0 Å². The number of rotatable bonds is 15. The molecule has 0 spiro atoms. The molecule has 0 aromatic rings. The average Bonchev–Trinajstić information content (AvgIpc) is 2.45. The van der Waals surface area contributed by atoms with E-state index in [0.29, 0.717) is 6.42 Å². The standard InChI is InChI=1S/C20H38O4/c1-20(2,3)17(19(23)24)15-13-11-9-7-5-4-6-8-10-12-14-16-18(21)22/h17H,4-16H2,1-3H3,(H,21,22)(H,23,24). The number of carbonyl (C=O) groups is 2. The third kappa shape index (κ3) is 13.4. The molecule has 2 N–H and O–H groups in total. The molecule has 0 rings (SSSR count). The maximum atomic E-state index is 11.3. The summed E-state index contributed by atoms with van der Waals surface area (Å²) in [4.78, 5) is 21.7. The van der Waals surface area contributed by atoms with Gasteiger partial charge in [0.1, 0.15) is 0 Å². The first-order chi connectivity index (χ1) is 11.2. The van der Waals surface area contributed by atoms with Crippen molar-refractivity contribution >= 4 is 11.9 Å². The van der Waals surface area contributed by atoms with Gasteiger partial charge in [-0.15, -0.1) is 0 Å². The molecule has 0 saturated carbocycles. The maximum Gasteiger partial charge on any atom is 0.307 e. The minimum absolute atomic E-state index is 0.156. The van der Waals surface area contributed by atoms with E-state index in [1.807, 2.05) is 20.8 Å². The van der Waals surface area contributed by atoms with Gasteiger partial charge >= 0.3 is 11.9 Å². The van der Waals surface area contributed by atoms with Gasteiger partial charge in [-0.05, 0) is 18.3 Å². The zero-order valence-electron chi connectivity index (χ0n) is 16.0. The highest BCUT2D eigenvalue weighted by molar-refractivity contribution is 5.70. The molecule has 0 aliphatic rings. The molecular weight excluding hydrogens is 304 g/mol. The molecule has 0 aliphatic heterocycles. The Morgan fingerprint density at radius 3 is 1.42 bits per heavy atom. The first kappa shape index (κ1) is 22.9. The monoisotopic (exact) mass is 342 g/mol. The van der Waals surface area contributed by atoms with E-state index in [4.69, 9.17) is 5.11 Å². The van der Waals surface area contributed by atoms with Gasteiger partial charge in [0, 0.05) is 6.42 Å². The summed E-state index contributed by atoms with van der Waals surface area (Å²) in [7, 11) is 0. The molecule has 0 aromatic heterocycles. The van der Waals surface area contributed by atoms with Gasteiger partial charge in [-0.25, -0.2) is 0 Å². The van der Waals surface area contributed by atoms with Crippen molar-refractivity contribution in [2.45, 2.75) is 104 Å². The Labute approximate surface area is 148 Å². The maximum absolute atomic E-state index is 11.3. The summed E-state index contributed by atoms with van der Waals surface area (Å²) in [5, 5.41) is 17.8. The van der Waals surface area contributed by atoms with E-state index < -0.39 is 11.9 Å². The summed E-state index contributed by atoms with van der Waals surface area (Å²) in [6, 6.07) is 0. The molecule has 142 valence electrons. The topological polar surface area (TPSA) is 74.6 Å². The van der Waals surface area contributed by atoms with Crippen LogP contribution in [0.5, 0.6) is 0 Å². The molecule has 0 saturated heterocycles. The third-order valence-corrected chi connectivity index (χ3v) is 4.73. The lowest BCUT2D eigenvalue weighted by atomic mass is 9.78. The van der Waals surface area contributed by atoms with Crippen molar-refractivity contribution < 1.29 is 19.8 Å². The van der Waals surface area contributed by atoms with Crippen molar-refractivity contribution in [2.75, 3.05) is 0 Å². The Hall–Kier alpha value is -1.06. The molecule has 4 heteroatoms. The van der Waals surface area contributed by atoms with Crippen LogP contribution in [-0.2, 0) is 9.59 Å². The fourth-order valence-electron chi connectivity index (χ4n) is 3.14. The van der Waals surface area contributed by atoms with Gasteiger partial charge in [0.25, 0.3) is 0 Å². The molecule has 0 aliphatic carbocycles. The smallest absolute Gasteiger partial charge is 0.307 e. The molecule has 0 amide bonds. The molecule has 0 heterocycles. The van der Waals surface area contributed by atoms with Gasteiger partial charge < -0.3 is 10.2 Å². The summed E-state index contributed by atoms with van der Waals surface area (Å²) in [6.45, 7) is 6.02. The van der Waals surface area contributed by atoms with Crippen molar-refractivity contribution in [3.8, 4) is 0 Å². The van der Waals surface area contributed by atoms with E-state index in [2.05, 4.69) is 0 Å². The molecule has 0 bridgehead atoms. The van der Waals surface area contributed by atoms with Crippen LogP contribution >= 0.6 is 0 Å². The highest BCUT2D eigenvalue weighted by atomic mass is 16.4. The molecule has 0 radical (unpaired) electrons. The highest BCUT2D eigenvalue weighted by Gasteiger charge is 2.30. The lowest BCUT2D eigenvalue weighted by Crippen LogP contribution is -2.28. The van der Waals surface area contributed by atoms with Gasteiger partial charge in [0.15, 0.2) is 0 Å². The van der Waals surface area contributed by atoms with Crippen LogP contribution in [-0.4, -0.2) is 22.2 Å². The minimum atomic E-state index is -0.688. The van der Waals surface area contributed by atoms with Crippen molar-refractivity contribution in [1.82, 2.24) is 0 Å². The van der Waals surface area contributed by atoms with Crippen LogP contribution < -0.4 is 0 Å². The largest absolute Gasteiger partial charge is 0.481 e. The number of aliphatic carboxylic acids is 2. The van der Waals surface area contributed by atoms with E-state index in [9.17, 15) is 14.7 Å². The fraction of sp³-hybridized carbons (Fsp3) is 0.900. The van der Waals surface area contributed by atoms with Crippen LogP contribution in [0.1, 0.15) is 104 Å². The Balaban J connectivity index is 3.39. The van der Waals surface area contributed by atoms with Gasteiger partial charge in [-0.1, -0.05) is 85.0 Å². The van der Waals surface area contributed by atoms with E-state index in [0.717, 1.165) is 38.5 Å². The van der Waals surface area contributed by atoms with Crippen molar-refractivity contribution in [2.24, 2.45) is 11.3 Å². The second-order valence-electron chi connectivity index (χ2n) is 8.08. The third-order valence-electron chi connectivity index (χ3n) is 4.73. The molecule has 0 fully saturated rings. The van der Waals surface area contributed by atoms with Gasteiger partial charge in [0.05, 0.1) is 5.92 Å². The van der Waals surface area contributed by atoms with Gasteiger partial charge in [-0.3, -0.25) is 9.59 Å². The Morgan fingerprint density at radius 1 is 0.708 bits per heavy atom. The second-order valence-corrected chi connectivity index (χ2v) is 8.08. The quantitative estimate of drug-likeness (QED) is 0.364. The number of carboxylic acid groups (broad SMARTS) is 2. The number of hydrogen-bond acceptors (Lipinski definition) is 2. The van der Waals surface area contributed by atoms with Crippen LogP contribution in [0.3, 0.4) is 0 Å². The Bertz CT molecular complexity index is 344. The van der Waals surface area contributed by atoms with Crippen LogP contribution in [0.25, 0.3) is 0 Å². The van der Waals surface area contributed by atoms with E-state index in [-0.39, 0.29) is 11.3 Å². The summed E-state index contributed by atoms with van der Waals surface area (Å²) in [5.41, 5.74) is -0.156. The molecule has 1 atom stereocenters. The lowest BCUT2D eigenvalue weighted by molar-refractivity contribution is -0.146. The summed E-state index contributed by atoms with van der Waals surface area (Å²) in [6.07, 6.45) is 13.7. The summed E-state index contributed by atoms with van der Waals surface area (Å²) >= 11 is 0. The van der Waals surface area contributed by atoms with E-state index in [1.165, 1.54) is 38.5 Å². The first-order valence-corrected chi connectivity index (χ1v) is 9.69. The Morgan fingerprint density at radius 2 is 1.08 bits per heavy atom. The highest BCUT2D eigenvalue weighted by Crippen LogP contribution is 2.30.